The lowest BCUT2D eigenvalue weighted by atomic mass is 10.2. The van der Waals surface area contributed by atoms with Crippen molar-refractivity contribution in [2.45, 2.75) is 70.6 Å². The summed E-state index contributed by atoms with van der Waals surface area (Å²) in [7, 11) is -0.243. The Balaban J connectivity index is 4.44. The van der Waals surface area contributed by atoms with Crippen LogP contribution < -0.4 is 5.32 Å². The molecule has 0 saturated carbocycles. The van der Waals surface area contributed by atoms with Gasteiger partial charge in [-0.2, -0.15) is 0 Å². The standard InChI is InChI=1S/C18H36N2O4Si/c1-8-9-10-11-13-20(5)17(23)19-15(16(21)22)12-14-24-25(6,7)18(2,3)4/h8,15H,1,9-14H2,2-7H3,(H,19,23)(H,21,22)/t15-/m0/s1. The van der Waals surface area contributed by atoms with Crippen molar-refractivity contribution in [1.29, 1.82) is 0 Å². The van der Waals surface area contributed by atoms with E-state index < -0.39 is 20.3 Å². The van der Waals surface area contributed by atoms with Crippen LogP contribution in [0.1, 0.15) is 46.5 Å². The number of nitrogens with zero attached hydrogens (tertiary/aromatic N) is 1. The summed E-state index contributed by atoms with van der Waals surface area (Å²) in [5.41, 5.74) is 0. The van der Waals surface area contributed by atoms with Crippen molar-refractivity contribution in [3.05, 3.63) is 12.7 Å². The average Bonchev–Trinajstić information content (AvgIpc) is 2.48. The van der Waals surface area contributed by atoms with Gasteiger partial charge in [-0.15, -0.1) is 6.58 Å². The maximum Gasteiger partial charge on any atom is 0.326 e. The SMILES string of the molecule is C=CCCCCN(C)C(=O)N[C@@H](CCO[Si](C)(C)C(C)(C)C)C(=O)O. The van der Waals surface area contributed by atoms with Gasteiger partial charge in [-0.3, -0.25) is 0 Å². The van der Waals surface area contributed by atoms with E-state index in [-0.39, 0.29) is 17.5 Å². The molecule has 0 unspecified atom stereocenters. The molecular formula is C18H36N2O4Si. The minimum absolute atomic E-state index is 0.0701. The van der Waals surface area contributed by atoms with E-state index in [1.54, 1.807) is 7.05 Å². The molecule has 0 bridgehead atoms. The van der Waals surface area contributed by atoms with Crippen molar-refractivity contribution in [1.82, 2.24) is 10.2 Å². The zero-order chi connectivity index (χ0) is 19.7. The number of hydrogen-bond acceptors (Lipinski definition) is 3. The van der Waals surface area contributed by atoms with Crippen molar-refractivity contribution >= 4 is 20.3 Å². The fourth-order valence-corrected chi connectivity index (χ4v) is 2.97. The van der Waals surface area contributed by atoms with E-state index in [0.717, 1.165) is 19.3 Å². The summed E-state index contributed by atoms with van der Waals surface area (Å²) >= 11 is 0. The number of aliphatic carboxylic acids is 1. The van der Waals surface area contributed by atoms with Crippen LogP contribution in [0.4, 0.5) is 4.79 Å². The van der Waals surface area contributed by atoms with Gasteiger partial charge >= 0.3 is 12.0 Å². The van der Waals surface area contributed by atoms with E-state index >= 15 is 0 Å². The molecule has 1 atom stereocenters. The fourth-order valence-electron chi connectivity index (χ4n) is 1.90. The summed E-state index contributed by atoms with van der Waals surface area (Å²) in [6, 6.07) is -1.30. The lowest BCUT2D eigenvalue weighted by Crippen LogP contribution is -2.48. The zero-order valence-corrected chi connectivity index (χ0v) is 17.7. The molecule has 0 saturated heterocycles. The molecule has 0 aliphatic heterocycles. The number of nitrogens with one attached hydrogen (secondary N) is 1. The van der Waals surface area contributed by atoms with Crippen LogP contribution in [0.3, 0.4) is 0 Å². The Kier molecular flexibility index (Phi) is 10.0. The Morgan fingerprint density at radius 3 is 2.40 bits per heavy atom. The van der Waals surface area contributed by atoms with Crippen LogP contribution in [0, 0.1) is 0 Å². The van der Waals surface area contributed by atoms with Crippen LogP contribution in [0.25, 0.3) is 0 Å². The zero-order valence-electron chi connectivity index (χ0n) is 16.7. The largest absolute Gasteiger partial charge is 0.480 e. The van der Waals surface area contributed by atoms with Crippen molar-refractivity contribution in [3.8, 4) is 0 Å². The number of allylic oxidation sites excluding steroid dienone is 1. The number of carbonyl (C=O) groups excluding carboxylic acids is 1. The summed E-state index contributed by atoms with van der Waals surface area (Å²) in [6.07, 6.45) is 4.85. The first-order chi connectivity index (χ1) is 11.4. The first-order valence-electron chi connectivity index (χ1n) is 8.91. The molecular weight excluding hydrogens is 336 g/mol. The highest BCUT2D eigenvalue weighted by Crippen LogP contribution is 2.36. The molecule has 146 valence electrons. The van der Waals surface area contributed by atoms with E-state index in [9.17, 15) is 14.7 Å². The van der Waals surface area contributed by atoms with Crippen molar-refractivity contribution in [3.63, 3.8) is 0 Å². The molecule has 0 fully saturated rings. The maximum atomic E-state index is 12.1. The summed E-state index contributed by atoms with van der Waals surface area (Å²) in [5.74, 6) is -1.03. The lowest BCUT2D eigenvalue weighted by Gasteiger charge is -2.36. The number of hydrogen-bond donors (Lipinski definition) is 2. The smallest absolute Gasteiger partial charge is 0.326 e. The van der Waals surface area contributed by atoms with Gasteiger partial charge in [-0.25, -0.2) is 9.59 Å². The first-order valence-corrected chi connectivity index (χ1v) is 11.8. The second-order valence-corrected chi connectivity index (χ2v) is 12.8. The van der Waals surface area contributed by atoms with E-state index in [1.807, 2.05) is 6.08 Å². The van der Waals surface area contributed by atoms with Gasteiger partial charge in [0.25, 0.3) is 0 Å². The van der Waals surface area contributed by atoms with Gasteiger partial charge < -0.3 is 19.7 Å². The van der Waals surface area contributed by atoms with Crippen LogP contribution >= 0.6 is 0 Å². The van der Waals surface area contributed by atoms with Crippen molar-refractivity contribution in [2.24, 2.45) is 0 Å². The molecule has 6 nitrogen and oxygen atoms in total. The molecule has 2 amide bonds. The molecule has 0 spiro atoms. The molecule has 0 heterocycles. The third-order valence-corrected chi connectivity index (χ3v) is 9.31. The van der Waals surface area contributed by atoms with Gasteiger partial charge in [0, 0.05) is 26.6 Å². The Labute approximate surface area is 153 Å². The number of carboxylic acids is 1. The molecule has 0 rings (SSSR count). The molecule has 2 N–H and O–H groups in total. The normalized spacial score (nSPS) is 13.2. The van der Waals surface area contributed by atoms with Gasteiger partial charge in [-0.05, 0) is 37.4 Å². The highest BCUT2D eigenvalue weighted by Gasteiger charge is 2.37. The van der Waals surface area contributed by atoms with E-state index in [0.29, 0.717) is 13.2 Å². The fraction of sp³-hybridized carbons (Fsp3) is 0.778. The van der Waals surface area contributed by atoms with Crippen LogP contribution in [0.5, 0.6) is 0 Å². The highest BCUT2D eigenvalue weighted by atomic mass is 28.4. The van der Waals surface area contributed by atoms with Crippen molar-refractivity contribution < 1.29 is 19.1 Å². The predicted molar refractivity (Wildman–Crippen MR) is 104 cm³/mol. The van der Waals surface area contributed by atoms with E-state index in [1.165, 1.54) is 4.90 Å². The number of unbranched alkanes of at least 4 members (excludes halogenated alkanes) is 2. The number of carbonyl (C=O) groups is 2. The van der Waals surface area contributed by atoms with E-state index in [2.05, 4.69) is 45.8 Å². The predicted octanol–water partition coefficient (Wildman–Crippen LogP) is 3.85. The third kappa shape index (κ3) is 9.07. The molecule has 0 aromatic heterocycles. The highest BCUT2D eigenvalue weighted by molar-refractivity contribution is 6.74. The molecule has 0 aliphatic rings. The molecule has 0 aromatic carbocycles. The van der Waals surface area contributed by atoms with Gasteiger partial charge in [-0.1, -0.05) is 26.8 Å². The molecule has 0 aliphatic carbocycles. The number of urea groups is 1. The Morgan fingerprint density at radius 1 is 1.32 bits per heavy atom. The average molecular weight is 373 g/mol. The molecule has 0 radical (unpaired) electrons. The third-order valence-electron chi connectivity index (χ3n) is 4.77. The lowest BCUT2D eigenvalue weighted by molar-refractivity contribution is -0.139. The number of amides is 2. The second-order valence-electron chi connectivity index (χ2n) is 7.94. The second kappa shape index (κ2) is 10.6. The molecule has 0 aromatic rings. The Morgan fingerprint density at radius 2 is 1.92 bits per heavy atom. The topological polar surface area (TPSA) is 78.9 Å². The Hall–Kier alpha value is -1.34. The minimum Gasteiger partial charge on any atom is -0.480 e. The maximum absolute atomic E-state index is 12.1. The Bertz CT molecular complexity index is 447. The summed E-state index contributed by atoms with van der Waals surface area (Å²) < 4.78 is 6.01. The summed E-state index contributed by atoms with van der Waals surface area (Å²) in [5, 5.41) is 12.0. The first kappa shape index (κ1) is 23.7. The van der Waals surface area contributed by atoms with Crippen LogP contribution in [0.15, 0.2) is 12.7 Å². The van der Waals surface area contributed by atoms with Gasteiger partial charge in [0.05, 0.1) is 0 Å². The van der Waals surface area contributed by atoms with Crippen LogP contribution in [-0.2, 0) is 9.22 Å². The summed E-state index contributed by atoms with van der Waals surface area (Å²) in [6.45, 7) is 15.2. The minimum atomic E-state index is -1.92. The molecule has 7 heteroatoms. The number of carboxylic acid groups (broad SMARTS) is 1. The van der Waals surface area contributed by atoms with E-state index in [4.69, 9.17) is 4.43 Å². The van der Waals surface area contributed by atoms with Gasteiger partial charge in [0.1, 0.15) is 6.04 Å². The number of rotatable bonds is 11. The summed E-state index contributed by atoms with van der Waals surface area (Å²) in [4.78, 5) is 25.1. The quantitative estimate of drug-likeness (QED) is 0.328. The van der Waals surface area contributed by atoms with Crippen molar-refractivity contribution in [2.75, 3.05) is 20.2 Å². The van der Waals surface area contributed by atoms with Gasteiger partial charge in [0.2, 0.25) is 0 Å². The van der Waals surface area contributed by atoms with Crippen LogP contribution in [-0.4, -0.2) is 56.6 Å². The van der Waals surface area contributed by atoms with Crippen LogP contribution in [0.2, 0.25) is 18.1 Å². The molecule has 25 heavy (non-hydrogen) atoms. The van der Waals surface area contributed by atoms with Gasteiger partial charge in [0.15, 0.2) is 8.32 Å². The monoisotopic (exact) mass is 372 g/mol.